The summed E-state index contributed by atoms with van der Waals surface area (Å²) in [7, 11) is 2.26. The molecule has 0 bridgehead atoms. The fourth-order valence-corrected chi connectivity index (χ4v) is 3.57. The highest BCUT2D eigenvalue weighted by Crippen LogP contribution is 2.32. The van der Waals surface area contributed by atoms with Gasteiger partial charge in [0, 0.05) is 19.1 Å². The summed E-state index contributed by atoms with van der Waals surface area (Å²) in [5.41, 5.74) is 0.555. The lowest BCUT2D eigenvalue weighted by atomic mass is 9.79. The van der Waals surface area contributed by atoms with Crippen LogP contribution in [0.5, 0.6) is 0 Å². The Bertz CT molecular complexity index is 259. The van der Waals surface area contributed by atoms with E-state index in [-0.39, 0.29) is 0 Å². The van der Waals surface area contributed by atoms with Crippen LogP contribution >= 0.6 is 0 Å². The van der Waals surface area contributed by atoms with Gasteiger partial charge in [-0.25, -0.2) is 0 Å². The van der Waals surface area contributed by atoms with Crippen molar-refractivity contribution in [3.63, 3.8) is 0 Å². The minimum Gasteiger partial charge on any atom is -0.313 e. The second-order valence-corrected chi connectivity index (χ2v) is 7.14. The van der Waals surface area contributed by atoms with E-state index in [0.29, 0.717) is 5.41 Å². The molecule has 112 valence electrons. The fourth-order valence-electron chi connectivity index (χ4n) is 3.57. The van der Waals surface area contributed by atoms with Crippen molar-refractivity contribution in [2.24, 2.45) is 5.41 Å². The van der Waals surface area contributed by atoms with Gasteiger partial charge in [0.05, 0.1) is 0 Å². The van der Waals surface area contributed by atoms with E-state index in [2.05, 4.69) is 36.0 Å². The number of nitrogens with one attached hydrogen (secondary N) is 1. The molecule has 0 amide bonds. The van der Waals surface area contributed by atoms with Crippen molar-refractivity contribution < 1.29 is 0 Å². The zero-order valence-corrected chi connectivity index (χ0v) is 13.2. The van der Waals surface area contributed by atoms with Crippen LogP contribution in [-0.2, 0) is 0 Å². The summed E-state index contributed by atoms with van der Waals surface area (Å²) in [5, 5.41) is 3.71. The van der Waals surface area contributed by atoms with E-state index >= 15 is 0 Å². The fraction of sp³-hybridized carbons (Fsp3) is 1.00. The van der Waals surface area contributed by atoms with E-state index in [0.717, 1.165) is 6.04 Å². The first-order chi connectivity index (χ1) is 9.11. The number of piperidine rings is 2. The molecular formula is C16H33N3. The van der Waals surface area contributed by atoms with Crippen LogP contribution < -0.4 is 5.32 Å². The van der Waals surface area contributed by atoms with E-state index in [1.165, 1.54) is 71.4 Å². The molecule has 19 heavy (non-hydrogen) atoms. The standard InChI is InChI=1S/C16H33N3/c1-4-9-17-15-6-5-10-19(13-15)14-16(2)7-11-18(3)12-8-16/h15,17H,4-14H2,1-3H3. The summed E-state index contributed by atoms with van der Waals surface area (Å²) in [4.78, 5) is 5.20. The van der Waals surface area contributed by atoms with Gasteiger partial charge < -0.3 is 15.1 Å². The molecule has 3 nitrogen and oxygen atoms in total. The van der Waals surface area contributed by atoms with Crippen LogP contribution in [0.1, 0.15) is 46.0 Å². The Labute approximate surface area is 119 Å². The molecule has 0 aromatic heterocycles. The van der Waals surface area contributed by atoms with E-state index in [9.17, 15) is 0 Å². The number of nitrogens with zero attached hydrogens (tertiary/aromatic N) is 2. The summed E-state index contributed by atoms with van der Waals surface area (Å²) in [6.07, 6.45) is 6.73. The highest BCUT2D eigenvalue weighted by atomic mass is 15.2. The van der Waals surface area contributed by atoms with Crippen molar-refractivity contribution >= 4 is 0 Å². The van der Waals surface area contributed by atoms with Crippen LogP contribution in [0, 0.1) is 5.41 Å². The van der Waals surface area contributed by atoms with Crippen molar-refractivity contribution in [1.29, 1.82) is 0 Å². The summed E-state index contributed by atoms with van der Waals surface area (Å²) >= 11 is 0. The topological polar surface area (TPSA) is 18.5 Å². The molecule has 2 aliphatic heterocycles. The third-order valence-electron chi connectivity index (χ3n) is 4.99. The summed E-state index contributed by atoms with van der Waals surface area (Å²) in [6.45, 7) is 12.4. The van der Waals surface area contributed by atoms with Crippen molar-refractivity contribution in [2.75, 3.05) is 46.3 Å². The third-order valence-corrected chi connectivity index (χ3v) is 4.99. The maximum atomic E-state index is 3.71. The number of hydrogen-bond acceptors (Lipinski definition) is 3. The first kappa shape index (κ1) is 15.3. The molecule has 0 spiro atoms. The highest BCUT2D eigenvalue weighted by Gasteiger charge is 2.32. The lowest BCUT2D eigenvalue weighted by Gasteiger charge is -2.43. The van der Waals surface area contributed by atoms with E-state index in [1.807, 2.05) is 0 Å². The smallest absolute Gasteiger partial charge is 0.0195 e. The zero-order chi connectivity index (χ0) is 13.7. The summed E-state index contributed by atoms with van der Waals surface area (Å²) in [6, 6.07) is 0.739. The van der Waals surface area contributed by atoms with Crippen LogP contribution in [0.4, 0.5) is 0 Å². The van der Waals surface area contributed by atoms with Gasteiger partial charge in [-0.15, -0.1) is 0 Å². The second kappa shape index (κ2) is 7.05. The van der Waals surface area contributed by atoms with Gasteiger partial charge in [0.1, 0.15) is 0 Å². The molecule has 2 aliphatic rings. The molecule has 1 unspecified atom stereocenters. The number of likely N-dealkylation sites (tertiary alicyclic amines) is 2. The maximum absolute atomic E-state index is 3.71. The lowest BCUT2D eigenvalue weighted by Crippen LogP contribution is -2.50. The van der Waals surface area contributed by atoms with Gasteiger partial charge in [-0.3, -0.25) is 0 Å². The first-order valence-corrected chi connectivity index (χ1v) is 8.25. The highest BCUT2D eigenvalue weighted by molar-refractivity contribution is 4.87. The molecule has 2 rings (SSSR count). The Kier molecular flexibility index (Phi) is 5.67. The van der Waals surface area contributed by atoms with Crippen LogP contribution in [0.2, 0.25) is 0 Å². The molecule has 0 aromatic rings. The van der Waals surface area contributed by atoms with Gasteiger partial charge in [-0.05, 0) is 70.7 Å². The van der Waals surface area contributed by atoms with Crippen molar-refractivity contribution in [1.82, 2.24) is 15.1 Å². The average Bonchev–Trinajstić information content (AvgIpc) is 2.40. The number of rotatable bonds is 5. The van der Waals surface area contributed by atoms with Crippen LogP contribution in [-0.4, -0.2) is 62.2 Å². The normalized spacial score (nSPS) is 29.5. The van der Waals surface area contributed by atoms with E-state index < -0.39 is 0 Å². The Hall–Kier alpha value is -0.120. The summed E-state index contributed by atoms with van der Waals surface area (Å²) in [5.74, 6) is 0. The average molecular weight is 267 g/mol. The van der Waals surface area contributed by atoms with Crippen LogP contribution in [0.25, 0.3) is 0 Å². The quantitative estimate of drug-likeness (QED) is 0.824. The first-order valence-electron chi connectivity index (χ1n) is 8.25. The minimum atomic E-state index is 0.555. The minimum absolute atomic E-state index is 0.555. The Balaban J connectivity index is 1.78. The number of hydrogen-bond donors (Lipinski definition) is 1. The Morgan fingerprint density at radius 2 is 1.95 bits per heavy atom. The molecule has 1 N–H and O–H groups in total. The molecule has 0 radical (unpaired) electrons. The molecule has 3 heteroatoms. The van der Waals surface area contributed by atoms with Gasteiger partial charge in [0.25, 0.3) is 0 Å². The lowest BCUT2D eigenvalue weighted by molar-refractivity contribution is 0.0695. The van der Waals surface area contributed by atoms with E-state index in [1.54, 1.807) is 0 Å². The molecule has 0 saturated carbocycles. The molecule has 0 aromatic carbocycles. The van der Waals surface area contributed by atoms with E-state index in [4.69, 9.17) is 0 Å². The van der Waals surface area contributed by atoms with Crippen molar-refractivity contribution in [3.8, 4) is 0 Å². The predicted molar refractivity (Wildman–Crippen MR) is 82.6 cm³/mol. The molecule has 0 aliphatic carbocycles. The molecule has 1 atom stereocenters. The van der Waals surface area contributed by atoms with Crippen molar-refractivity contribution in [3.05, 3.63) is 0 Å². The van der Waals surface area contributed by atoms with Crippen molar-refractivity contribution in [2.45, 2.75) is 52.0 Å². The Morgan fingerprint density at radius 1 is 1.21 bits per heavy atom. The van der Waals surface area contributed by atoms with Gasteiger partial charge in [-0.2, -0.15) is 0 Å². The van der Waals surface area contributed by atoms with Crippen LogP contribution in [0.15, 0.2) is 0 Å². The molecular weight excluding hydrogens is 234 g/mol. The molecule has 2 saturated heterocycles. The second-order valence-electron chi connectivity index (χ2n) is 7.14. The van der Waals surface area contributed by atoms with Crippen LogP contribution in [0.3, 0.4) is 0 Å². The van der Waals surface area contributed by atoms with Gasteiger partial charge >= 0.3 is 0 Å². The van der Waals surface area contributed by atoms with Gasteiger partial charge in [0.15, 0.2) is 0 Å². The third kappa shape index (κ3) is 4.73. The summed E-state index contributed by atoms with van der Waals surface area (Å²) < 4.78 is 0. The maximum Gasteiger partial charge on any atom is 0.0195 e. The SMILES string of the molecule is CCCNC1CCCN(CC2(C)CCN(C)CC2)C1. The van der Waals surface area contributed by atoms with Gasteiger partial charge in [-0.1, -0.05) is 13.8 Å². The van der Waals surface area contributed by atoms with Gasteiger partial charge in [0.2, 0.25) is 0 Å². The zero-order valence-electron chi connectivity index (χ0n) is 13.2. The largest absolute Gasteiger partial charge is 0.313 e. The molecule has 2 fully saturated rings. The Morgan fingerprint density at radius 3 is 2.63 bits per heavy atom. The molecule has 2 heterocycles. The monoisotopic (exact) mass is 267 g/mol. The predicted octanol–water partition coefficient (Wildman–Crippen LogP) is 2.18.